The lowest BCUT2D eigenvalue weighted by atomic mass is 10.4. The molecule has 0 heterocycles. The van der Waals surface area contributed by atoms with E-state index in [1.807, 2.05) is 0 Å². The lowest BCUT2D eigenvalue weighted by Crippen LogP contribution is -2.42. The third kappa shape index (κ3) is 10.8. The van der Waals surface area contributed by atoms with Crippen LogP contribution < -0.4 is 10.6 Å². The first-order valence-corrected chi connectivity index (χ1v) is 10.0. The maximum atomic E-state index is 11.6. The lowest BCUT2D eigenvalue weighted by molar-refractivity contribution is 0.180. The van der Waals surface area contributed by atoms with E-state index < -0.39 is 10.0 Å². The second-order valence-electron chi connectivity index (χ2n) is 5.65. The van der Waals surface area contributed by atoms with E-state index in [0.29, 0.717) is 13.1 Å². The molecule has 0 amide bonds. The Kier molecular flexibility index (Phi) is 12.9. The Hall–Kier alpha value is -0.900. The molecule has 24 heavy (non-hydrogen) atoms. The van der Waals surface area contributed by atoms with Crippen molar-refractivity contribution >= 4 is 16.0 Å². The van der Waals surface area contributed by atoms with Crippen LogP contribution in [-0.4, -0.2) is 96.9 Å². The van der Waals surface area contributed by atoms with Gasteiger partial charge in [0, 0.05) is 60.5 Å². The molecule has 0 aromatic carbocycles. The molecular weight excluding hydrogens is 330 g/mol. The number of sulfonamides is 1. The van der Waals surface area contributed by atoms with Crippen LogP contribution in [0.1, 0.15) is 19.8 Å². The summed E-state index contributed by atoms with van der Waals surface area (Å²) in [6, 6.07) is 0. The van der Waals surface area contributed by atoms with Crippen LogP contribution in [0.5, 0.6) is 0 Å². The number of likely N-dealkylation sites (N-methyl/N-ethyl adjacent to an activating group) is 1. The van der Waals surface area contributed by atoms with Gasteiger partial charge in [0.2, 0.25) is 10.0 Å². The number of rotatable bonds is 13. The Labute approximate surface area is 147 Å². The van der Waals surface area contributed by atoms with Crippen LogP contribution in [0, 0.1) is 0 Å². The second kappa shape index (κ2) is 13.4. The average molecular weight is 366 g/mol. The summed E-state index contributed by atoms with van der Waals surface area (Å²) >= 11 is 0. The van der Waals surface area contributed by atoms with Crippen molar-refractivity contribution in [2.24, 2.45) is 4.99 Å². The zero-order chi connectivity index (χ0) is 18.4. The molecule has 0 radical (unpaired) electrons. The predicted molar refractivity (Wildman–Crippen MR) is 100 cm³/mol. The van der Waals surface area contributed by atoms with E-state index in [0.717, 1.165) is 45.0 Å². The molecule has 9 heteroatoms. The first-order valence-electron chi connectivity index (χ1n) is 8.43. The van der Waals surface area contributed by atoms with Gasteiger partial charge in [-0.1, -0.05) is 0 Å². The molecule has 0 aliphatic rings. The van der Waals surface area contributed by atoms with E-state index in [2.05, 4.69) is 27.6 Å². The maximum absolute atomic E-state index is 11.6. The van der Waals surface area contributed by atoms with Crippen LogP contribution in [0.2, 0.25) is 0 Å². The first kappa shape index (κ1) is 23.1. The molecule has 0 aliphatic heterocycles. The van der Waals surface area contributed by atoms with Gasteiger partial charge in [-0.15, -0.1) is 0 Å². The highest BCUT2D eigenvalue weighted by atomic mass is 32.2. The number of hydrogen-bond acceptors (Lipinski definition) is 5. The van der Waals surface area contributed by atoms with Gasteiger partial charge in [0.05, 0.1) is 5.75 Å². The third-order valence-electron chi connectivity index (χ3n) is 3.68. The number of aliphatic imine (C=N–C) groups is 1. The fraction of sp³-hybridized carbons (Fsp3) is 0.933. The van der Waals surface area contributed by atoms with Gasteiger partial charge in [-0.05, 0) is 26.8 Å². The molecule has 0 aromatic heterocycles. The molecule has 8 nitrogen and oxygen atoms in total. The van der Waals surface area contributed by atoms with Crippen LogP contribution in [0.3, 0.4) is 0 Å². The van der Waals surface area contributed by atoms with E-state index in [1.165, 1.54) is 4.31 Å². The predicted octanol–water partition coefficient (Wildman–Crippen LogP) is -0.209. The lowest BCUT2D eigenvalue weighted by Gasteiger charge is -2.19. The molecule has 0 spiro atoms. The molecule has 0 aromatic rings. The minimum Gasteiger partial charge on any atom is -0.385 e. The summed E-state index contributed by atoms with van der Waals surface area (Å²) in [4.78, 5) is 6.41. The standard InChI is InChI=1S/C15H35N5O3S/c1-6-24(21,22)20(4)12-7-9-17-15(16-2)18-10-13-19(3)11-8-14-23-5/h6-14H2,1-5H3,(H2,16,17,18). The van der Waals surface area contributed by atoms with E-state index >= 15 is 0 Å². The molecule has 0 unspecified atom stereocenters. The zero-order valence-electron chi connectivity index (χ0n) is 15.8. The van der Waals surface area contributed by atoms with Gasteiger partial charge in [-0.2, -0.15) is 0 Å². The van der Waals surface area contributed by atoms with Crippen LogP contribution >= 0.6 is 0 Å². The third-order valence-corrected chi connectivity index (χ3v) is 5.54. The summed E-state index contributed by atoms with van der Waals surface area (Å²) in [7, 11) is 4.05. The summed E-state index contributed by atoms with van der Waals surface area (Å²) in [5.41, 5.74) is 0. The van der Waals surface area contributed by atoms with Crippen molar-refractivity contribution in [3.8, 4) is 0 Å². The van der Waals surface area contributed by atoms with Gasteiger partial charge in [-0.3, -0.25) is 4.99 Å². The van der Waals surface area contributed by atoms with Crippen molar-refractivity contribution < 1.29 is 13.2 Å². The molecule has 0 atom stereocenters. The van der Waals surface area contributed by atoms with E-state index in [1.54, 1.807) is 28.1 Å². The Balaban J connectivity index is 3.85. The SMILES string of the molecule is CCS(=O)(=O)N(C)CCCNC(=NC)NCCN(C)CCCOC. The Morgan fingerprint density at radius 3 is 2.33 bits per heavy atom. The van der Waals surface area contributed by atoms with Gasteiger partial charge >= 0.3 is 0 Å². The molecule has 0 saturated heterocycles. The van der Waals surface area contributed by atoms with Gasteiger partial charge in [-0.25, -0.2) is 12.7 Å². The minimum absolute atomic E-state index is 0.137. The number of methoxy groups -OCH3 is 1. The Morgan fingerprint density at radius 1 is 1.08 bits per heavy atom. The summed E-state index contributed by atoms with van der Waals surface area (Å²) in [5, 5.41) is 6.45. The number of guanidine groups is 1. The highest BCUT2D eigenvalue weighted by Crippen LogP contribution is 1.98. The van der Waals surface area contributed by atoms with Crippen molar-refractivity contribution in [2.45, 2.75) is 19.8 Å². The highest BCUT2D eigenvalue weighted by molar-refractivity contribution is 7.89. The van der Waals surface area contributed by atoms with Crippen LogP contribution in [0.15, 0.2) is 4.99 Å². The fourth-order valence-electron chi connectivity index (χ4n) is 2.04. The van der Waals surface area contributed by atoms with Gasteiger partial charge in [0.15, 0.2) is 5.96 Å². The molecule has 0 bridgehead atoms. The summed E-state index contributed by atoms with van der Waals surface area (Å²) in [6.07, 6.45) is 1.75. The molecule has 0 fully saturated rings. The zero-order valence-corrected chi connectivity index (χ0v) is 16.7. The second-order valence-corrected chi connectivity index (χ2v) is 8.02. The normalized spacial score (nSPS) is 12.9. The van der Waals surface area contributed by atoms with Crippen LogP contribution in [0.25, 0.3) is 0 Å². The molecule has 2 N–H and O–H groups in total. The van der Waals surface area contributed by atoms with E-state index in [9.17, 15) is 8.42 Å². The maximum Gasteiger partial charge on any atom is 0.213 e. The quantitative estimate of drug-likeness (QED) is 0.267. The Bertz CT molecular complexity index is 442. The molecule has 0 saturated carbocycles. The molecule has 0 aliphatic carbocycles. The number of hydrogen-bond donors (Lipinski definition) is 2. The fourth-order valence-corrected chi connectivity index (χ4v) is 2.89. The largest absolute Gasteiger partial charge is 0.385 e. The van der Waals surface area contributed by atoms with Gasteiger partial charge in [0.25, 0.3) is 0 Å². The highest BCUT2D eigenvalue weighted by Gasteiger charge is 2.13. The van der Waals surface area contributed by atoms with Crippen LogP contribution in [-0.2, 0) is 14.8 Å². The first-order chi connectivity index (χ1) is 11.4. The molecule has 144 valence electrons. The van der Waals surface area contributed by atoms with Gasteiger partial charge < -0.3 is 20.3 Å². The van der Waals surface area contributed by atoms with Crippen molar-refractivity contribution in [3.05, 3.63) is 0 Å². The van der Waals surface area contributed by atoms with Crippen LogP contribution in [0.4, 0.5) is 0 Å². The van der Waals surface area contributed by atoms with Crippen molar-refractivity contribution in [3.63, 3.8) is 0 Å². The summed E-state index contributed by atoms with van der Waals surface area (Å²) in [6.45, 7) is 6.33. The topological polar surface area (TPSA) is 86.3 Å². The summed E-state index contributed by atoms with van der Waals surface area (Å²) < 4.78 is 29.7. The van der Waals surface area contributed by atoms with E-state index in [4.69, 9.17) is 4.74 Å². The smallest absolute Gasteiger partial charge is 0.213 e. The van der Waals surface area contributed by atoms with Crippen molar-refractivity contribution in [1.29, 1.82) is 0 Å². The number of nitrogens with one attached hydrogen (secondary N) is 2. The van der Waals surface area contributed by atoms with Gasteiger partial charge in [0.1, 0.15) is 0 Å². The molecule has 0 rings (SSSR count). The molecular formula is C15H35N5O3S. The minimum atomic E-state index is -3.09. The summed E-state index contributed by atoms with van der Waals surface area (Å²) in [5.74, 6) is 0.874. The van der Waals surface area contributed by atoms with Crippen molar-refractivity contribution in [1.82, 2.24) is 19.8 Å². The van der Waals surface area contributed by atoms with E-state index in [-0.39, 0.29) is 5.75 Å². The van der Waals surface area contributed by atoms with Crippen molar-refractivity contribution in [2.75, 3.05) is 73.3 Å². The number of nitrogens with zero attached hydrogens (tertiary/aromatic N) is 3. The monoisotopic (exact) mass is 365 g/mol. The number of ether oxygens (including phenoxy) is 1. The average Bonchev–Trinajstić information content (AvgIpc) is 2.56. The Morgan fingerprint density at radius 2 is 1.75 bits per heavy atom.